The molecular weight excluding hydrogens is 318 g/mol. The number of nitrogens with zero attached hydrogens (tertiary/aromatic N) is 1. The molecule has 6 heteroatoms. The minimum atomic E-state index is -0.550. The molecule has 1 N–H and O–H groups in total. The number of carbonyl (C=O) groups is 1. The van der Waals surface area contributed by atoms with E-state index in [9.17, 15) is 20.0 Å². The van der Waals surface area contributed by atoms with E-state index in [1.165, 1.54) is 18.2 Å². The number of carbonyl (C=O) groups excluding carboxylic acids is 1. The van der Waals surface area contributed by atoms with Crippen molar-refractivity contribution in [3.8, 4) is 5.75 Å². The monoisotopic (exact) mass is 329 g/mol. The summed E-state index contributed by atoms with van der Waals surface area (Å²) in [5.41, 5.74) is 2.33. The Kier molecular flexibility index (Phi) is 3.88. The van der Waals surface area contributed by atoms with Gasteiger partial charge in [-0.3, -0.25) is 14.9 Å². The highest BCUT2D eigenvalue weighted by Crippen LogP contribution is 2.31. The first-order chi connectivity index (χ1) is 11.0. The van der Waals surface area contributed by atoms with Crippen LogP contribution >= 0.6 is 11.6 Å². The molecule has 0 amide bonds. The summed E-state index contributed by atoms with van der Waals surface area (Å²) in [5, 5.41) is 20.5. The Morgan fingerprint density at radius 1 is 1.17 bits per heavy atom. The molecule has 0 spiro atoms. The van der Waals surface area contributed by atoms with Crippen LogP contribution in [0.5, 0.6) is 5.75 Å². The van der Waals surface area contributed by atoms with Crippen LogP contribution in [0, 0.1) is 10.1 Å². The zero-order valence-corrected chi connectivity index (χ0v) is 12.7. The molecule has 0 heterocycles. The second-order valence-corrected chi connectivity index (χ2v) is 5.72. The fourth-order valence-electron chi connectivity index (χ4n) is 2.66. The Hall–Kier alpha value is -2.66. The van der Waals surface area contributed by atoms with E-state index >= 15 is 0 Å². The molecule has 3 rings (SSSR count). The van der Waals surface area contributed by atoms with Crippen molar-refractivity contribution < 1.29 is 14.8 Å². The second-order valence-electron chi connectivity index (χ2n) is 5.31. The largest absolute Gasteiger partial charge is 0.508 e. The predicted octanol–water partition coefficient (Wildman–Crippen LogP) is 4.17. The summed E-state index contributed by atoms with van der Waals surface area (Å²) < 4.78 is 0. The zero-order valence-electron chi connectivity index (χ0n) is 12.0. The smallest absolute Gasteiger partial charge is 0.288 e. The van der Waals surface area contributed by atoms with Gasteiger partial charge in [0.15, 0.2) is 5.78 Å². The van der Waals surface area contributed by atoms with Crippen LogP contribution in [0.25, 0.3) is 6.08 Å². The maximum Gasteiger partial charge on any atom is 0.288 e. The number of hydrogen-bond acceptors (Lipinski definition) is 4. The summed E-state index contributed by atoms with van der Waals surface area (Å²) in [6.45, 7) is 0. The van der Waals surface area contributed by atoms with Crippen LogP contribution < -0.4 is 0 Å². The number of allylic oxidation sites excluding steroid dienone is 1. The van der Waals surface area contributed by atoms with Gasteiger partial charge >= 0.3 is 0 Å². The van der Waals surface area contributed by atoms with Crippen LogP contribution in [-0.4, -0.2) is 15.8 Å². The number of fused-ring (bicyclic) bond motifs is 1. The molecule has 23 heavy (non-hydrogen) atoms. The van der Waals surface area contributed by atoms with E-state index in [1.54, 1.807) is 24.3 Å². The van der Waals surface area contributed by atoms with Crippen LogP contribution in [0.4, 0.5) is 5.69 Å². The van der Waals surface area contributed by atoms with Gasteiger partial charge in [0.1, 0.15) is 10.8 Å². The molecule has 2 aromatic rings. The quantitative estimate of drug-likeness (QED) is 0.509. The molecule has 0 bridgehead atoms. The van der Waals surface area contributed by atoms with E-state index in [0.29, 0.717) is 29.5 Å². The number of nitro benzene ring substituents is 1. The first-order valence-electron chi connectivity index (χ1n) is 6.97. The molecule has 2 aromatic carbocycles. The normalized spacial score (nSPS) is 15.5. The van der Waals surface area contributed by atoms with Crippen LogP contribution in [0.2, 0.25) is 5.02 Å². The molecule has 0 saturated carbocycles. The Morgan fingerprint density at radius 2 is 1.96 bits per heavy atom. The second kappa shape index (κ2) is 5.85. The number of halogens is 1. The number of ketones is 1. The number of aromatic hydroxyl groups is 1. The lowest BCUT2D eigenvalue weighted by Crippen LogP contribution is -2.13. The third-order valence-corrected chi connectivity index (χ3v) is 4.12. The third-order valence-electron chi connectivity index (χ3n) is 3.80. The maximum atomic E-state index is 12.5. The summed E-state index contributed by atoms with van der Waals surface area (Å²) in [4.78, 5) is 22.9. The van der Waals surface area contributed by atoms with E-state index in [2.05, 4.69) is 0 Å². The van der Waals surface area contributed by atoms with Crippen molar-refractivity contribution in [2.75, 3.05) is 0 Å². The van der Waals surface area contributed by atoms with Crippen LogP contribution in [0.15, 0.2) is 42.0 Å². The Labute approximate surface area is 137 Å². The van der Waals surface area contributed by atoms with E-state index in [0.717, 1.165) is 5.56 Å². The fraction of sp³-hybridized carbons (Fsp3) is 0.118. The number of phenols is 1. The Morgan fingerprint density at radius 3 is 2.70 bits per heavy atom. The van der Waals surface area contributed by atoms with Gasteiger partial charge in [0, 0.05) is 17.2 Å². The lowest BCUT2D eigenvalue weighted by molar-refractivity contribution is -0.384. The number of hydrogen-bond donors (Lipinski definition) is 1. The van der Waals surface area contributed by atoms with Gasteiger partial charge in [-0.2, -0.15) is 0 Å². The summed E-state index contributed by atoms with van der Waals surface area (Å²) >= 11 is 5.79. The summed E-state index contributed by atoms with van der Waals surface area (Å²) in [7, 11) is 0. The molecule has 1 aliphatic rings. The highest BCUT2D eigenvalue weighted by Gasteiger charge is 2.22. The maximum absolute atomic E-state index is 12.5. The highest BCUT2D eigenvalue weighted by atomic mass is 35.5. The van der Waals surface area contributed by atoms with Gasteiger partial charge in [0.25, 0.3) is 5.69 Å². The van der Waals surface area contributed by atoms with E-state index in [1.807, 2.05) is 0 Å². The minimum Gasteiger partial charge on any atom is -0.508 e. The van der Waals surface area contributed by atoms with Crippen molar-refractivity contribution >= 4 is 29.1 Å². The lowest BCUT2D eigenvalue weighted by atomic mass is 9.86. The fourth-order valence-corrected chi connectivity index (χ4v) is 2.85. The van der Waals surface area contributed by atoms with Gasteiger partial charge in [0.2, 0.25) is 0 Å². The molecule has 5 nitrogen and oxygen atoms in total. The third kappa shape index (κ3) is 2.96. The van der Waals surface area contributed by atoms with Crippen molar-refractivity contribution in [1.82, 2.24) is 0 Å². The molecule has 116 valence electrons. The number of rotatable bonds is 2. The zero-order chi connectivity index (χ0) is 16.6. The summed E-state index contributed by atoms with van der Waals surface area (Å²) in [6, 6.07) is 9.12. The van der Waals surface area contributed by atoms with Crippen molar-refractivity contribution in [1.29, 1.82) is 0 Å². The molecule has 1 aliphatic carbocycles. The van der Waals surface area contributed by atoms with Crippen LogP contribution in [-0.2, 0) is 6.42 Å². The molecule has 0 unspecified atom stereocenters. The number of phenolic OH excluding ortho intramolecular Hbond substituents is 1. The molecule has 0 aliphatic heterocycles. The molecule has 0 aromatic heterocycles. The summed E-state index contributed by atoms with van der Waals surface area (Å²) in [6.07, 6.45) is 2.81. The summed E-state index contributed by atoms with van der Waals surface area (Å²) in [5.74, 6) is 0.0150. The average molecular weight is 330 g/mol. The Balaban J connectivity index is 1.98. The minimum absolute atomic E-state index is 0.0629. The molecule has 0 radical (unpaired) electrons. The molecule has 0 saturated heterocycles. The SMILES string of the molecule is O=C1C(=Cc2ccc(Cl)c([N+](=O)[O-])c2)CCc2cc(O)ccc21. The number of aryl methyl sites for hydroxylation is 1. The van der Waals surface area contributed by atoms with Gasteiger partial charge in [-0.15, -0.1) is 0 Å². The van der Waals surface area contributed by atoms with Crippen molar-refractivity contribution in [3.63, 3.8) is 0 Å². The first-order valence-corrected chi connectivity index (χ1v) is 7.34. The molecule has 0 fully saturated rings. The van der Waals surface area contributed by atoms with Gasteiger partial charge in [0.05, 0.1) is 4.92 Å². The van der Waals surface area contributed by atoms with Gasteiger partial charge < -0.3 is 5.11 Å². The number of nitro groups is 1. The highest BCUT2D eigenvalue weighted by molar-refractivity contribution is 6.32. The van der Waals surface area contributed by atoms with Crippen molar-refractivity contribution in [2.24, 2.45) is 0 Å². The Bertz CT molecular complexity index is 858. The number of benzene rings is 2. The topological polar surface area (TPSA) is 80.4 Å². The molecular formula is C17H12ClNO4. The lowest BCUT2D eigenvalue weighted by Gasteiger charge is -2.17. The van der Waals surface area contributed by atoms with E-state index in [-0.39, 0.29) is 22.2 Å². The van der Waals surface area contributed by atoms with Gasteiger partial charge in [-0.25, -0.2) is 0 Å². The van der Waals surface area contributed by atoms with Gasteiger partial charge in [-0.05, 0) is 54.3 Å². The first kappa shape index (κ1) is 15.2. The van der Waals surface area contributed by atoms with E-state index < -0.39 is 4.92 Å². The average Bonchev–Trinajstić information content (AvgIpc) is 2.51. The predicted molar refractivity (Wildman–Crippen MR) is 86.8 cm³/mol. The molecule has 0 atom stereocenters. The van der Waals surface area contributed by atoms with Crippen LogP contribution in [0.1, 0.15) is 27.9 Å². The standard InChI is InChI=1S/C17H12ClNO4/c18-15-6-1-10(8-16(15)19(22)23)7-12-3-2-11-9-13(20)4-5-14(11)17(12)21/h1,4-9,20H,2-3H2. The van der Waals surface area contributed by atoms with Crippen molar-refractivity contribution in [2.45, 2.75) is 12.8 Å². The van der Waals surface area contributed by atoms with Gasteiger partial charge in [-0.1, -0.05) is 17.7 Å². The van der Waals surface area contributed by atoms with Crippen molar-refractivity contribution in [3.05, 3.63) is 73.8 Å². The van der Waals surface area contributed by atoms with Crippen LogP contribution in [0.3, 0.4) is 0 Å². The number of Topliss-reactive ketones (excluding diaryl/α,β-unsaturated/α-hetero) is 1. The van der Waals surface area contributed by atoms with E-state index in [4.69, 9.17) is 11.6 Å².